The Balaban J connectivity index is 2.67. The molecule has 0 aliphatic rings. The normalized spacial score (nSPS) is 10.5. The Hall–Kier alpha value is -3.92. The minimum absolute atomic E-state index is 0.346. The third-order valence-corrected chi connectivity index (χ3v) is 5.77. The maximum Gasteiger partial charge on any atom is 0.285 e. The molecule has 0 radical (unpaired) electrons. The van der Waals surface area contributed by atoms with Gasteiger partial charge in [0.1, 0.15) is 11.1 Å². The minimum Gasteiger partial charge on any atom is -0.444 e. The SMILES string of the molecule is NC(=O)c1oc(C(N)=O)c(C(N)=O)c1SSc1c(C(N)=O)oc(C(N)=O)c1C(N)=O. The van der Waals surface area contributed by atoms with E-state index in [1.54, 1.807) is 0 Å². The Morgan fingerprint density at radius 2 is 0.733 bits per heavy atom. The number of amides is 6. The third kappa shape index (κ3) is 3.94. The molecule has 12 N–H and O–H groups in total. The third-order valence-electron chi connectivity index (χ3n) is 3.33. The molecule has 6 amide bonds. The van der Waals surface area contributed by atoms with E-state index in [4.69, 9.17) is 43.2 Å². The van der Waals surface area contributed by atoms with Crippen LogP contribution in [0.1, 0.15) is 62.9 Å². The summed E-state index contributed by atoms with van der Waals surface area (Å²) in [4.78, 5) is 69.2. The van der Waals surface area contributed by atoms with Crippen LogP contribution in [0.4, 0.5) is 0 Å². The quantitative estimate of drug-likeness (QED) is 0.231. The number of primary amides is 6. The summed E-state index contributed by atoms with van der Waals surface area (Å²) in [6.45, 7) is 0. The summed E-state index contributed by atoms with van der Waals surface area (Å²) in [7, 11) is 0.991. The summed E-state index contributed by atoms with van der Waals surface area (Å²) in [5.41, 5.74) is 29.9. The molecule has 0 bridgehead atoms. The number of nitrogens with two attached hydrogens (primary N) is 6. The van der Waals surface area contributed by atoms with Crippen molar-refractivity contribution in [3.8, 4) is 0 Å². The fourth-order valence-corrected chi connectivity index (χ4v) is 4.80. The Labute approximate surface area is 173 Å². The summed E-state index contributed by atoms with van der Waals surface area (Å²) >= 11 is 0. The van der Waals surface area contributed by atoms with E-state index in [1.807, 2.05) is 0 Å². The smallest absolute Gasteiger partial charge is 0.285 e. The summed E-state index contributed by atoms with van der Waals surface area (Å²) in [6.07, 6.45) is 0. The predicted molar refractivity (Wildman–Crippen MR) is 100 cm³/mol. The number of hydrogen-bond donors (Lipinski definition) is 6. The average Bonchev–Trinajstić information content (AvgIpc) is 3.18. The zero-order valence-corrected chi connectivity index (χ0v) is 16.2. The second-order valence-electron chi connectivity index (χ2n) is 5.28. The van der Waals surface area contributed by atoms with Gasteiger partial charge in [-0.1, -0.05) is 0 Å². The molecule has 2 heterocycles. The summed E-state index contributed by atoms with van der Waals surface area (Å²) < 4.78 is 9.90. The van der Waals surface area contributed by atoms with Gasteiger partial charge < -0.3 is 43.2 Å². The number of hydrogen-bond acceptors (Lipinski definition) is 10. The first-order chi connectivity index (χ1) is 13.9. The van der Waals surface area contributed by atoms with Crippen molar-refractivity contribution in [1.82, 2.24) is 0 Å². The minimum atomic E-state index is -1.22. The van der Waals surface area contributed by atoms with Crippen LogP contribution in [0.2, 0.25) is 0 Å². The van der Waals surface area contributed by atoms with E-state index < -0.39 is 69.6 Å². The zero-order chi connectivity index (χ0) is 22.9. The highest BCUT2D eigenvalue weighted by Gasteiger charge is 2.34. The van der Waals surface area contributed by atoms with Gasteiger partial charge >= 0.3 is 0 Å². The highest BCUT2D eigenvalue weighted by Crippen LogP contribution is 2.46. The van der Waals surface area contributed by atoms with E-state index in [2.05, 4.69) is 0 Å². The highest BCUT2D eigenvalue weighted by molar-refractivity contribution is 8.76. The summed E-state index contributed by atoms with van der Waals surface area (Å²) in [5, 5.41) is 0. The van der Waals surface area contributed by atoms with Crippen LogP contribution in [-0.4, -0.2) is 35.4 Å². The molecule has 0 saturated heterocycles. The van der Waals surface area contributed by atoms with E-state index in [9.17, 15) is 28.8 Å². The maximum atomic E-state index is 11.8. The topological polar surface area (TPSA) is 285 Å². The van der Waals surface area contributed by atoms with Gasteiger partial charge in [-0.05, 0) is 21.6 Å². The first-order valence-electron chi connectivity index (χ1n) is 7.35. The van der Waals surface area contributed by atoms with Gasteiger partial charge in [-0.15, -0.1) is 0 Å². The molecule has 0 unspecified atom stereocenters. The molecule has 16 heteroatoms. The van der Waals surface area contributed by atoms with Crippen LogP contribution in [0.3, 0.4) is 0 Å². The Kier molecular flexibility index (Phi) is 6.12. The first-order valence-corrected chi connectivity index (χ1v) is 9.50. The van der Waals surface area contributed by atoms with Gasteiger partial charge in [0.15, 0.2) is 0 Å². The molecular formula is C14H12N6O8S2. The summed E-state index contributed by atoms with van der Waals surface area (Å²) in [5.74, 6) is -10.0. The number of furan rings is 2. The van der Waals surface area contributed by atoms with Gasteiger partial charge in [-0.2, -0.15) is 0 Å². The van der Waals surface area contributed by atoms with Gasteiger partial charge in [-0.3, -0.25) is 28.8 Å². The molecule has 2 aromatic rings. The van der Waals surface area contributed by atoms with Gasteiger partial charge in [0.25, 0.3) is 35.4 Å². The van der Waals surface area contributed by atoms with E-state index in [-0.39, 0.29) is 9.79 Å². The lowest BCUT2D eigenvalue weighted by atomic mass is 10.2. The molecule has 0 aliphatic carbocycles. The molecule has 0 aromatic carbocycles. The van der Waals surface area contributed by atoms with Crippen molar-refractivity contribution >= 4 is 57.0 Å². The van der Waals surface area contributed by atoms with Gasteiger partial charge in [0.2, 0.25) is 23.0 Å². The van der Waals surface area contributed by atoms with Crippen LogP contribution in [0.5, 0.6) is 0 Å². The molecule has 0 aliphatic heterocycles. The van der Waals surface area contributed by atoms with Crippen LogP contribution < -0.4 is 34.4 Å². The number of carbonyl (C=O) groups excluding carboxylic acids is 6. The van der Waals surface area contributed by atoms with Crippen molar-refractivity contribution in [2.24, 2.45) is 34.4 Å². The Bertz CT molecular complexity index is 1050. The van der Waals surface area contributed by atoms with Crippen LogP contribution in [0.25, 0.3) is 0 Å². The lowest BCUT2D eigenvalue weighted by molar-refractivity contribution is 0.0927. The van der Waals surface area contributed by atoms with E-state index in [1.165, 1.54) is 0 Å². The molecule has 0 spiro atoms. The first kappa shape index (κ1) is 22.4. The van der Waals surface area contributed by atoms with Crippen molar-refractivity contribution in [3.63, 3.8) is 0 Å². The number of rotatable bonds is 9. The molecule has 0 atom stereocenters. The summed E-state index contributed by atoms with van der Waals surface area (Å²) in [6, 6.07) is 0. The predicted octanol–water partition coefficient (Wildman–Crippen LogP) is -1.73. The monoisotopic (exact) mass is 456 g/mol. The molecule has 30 heavy (non-hydrogen) atoms. The Morgan fingerprint density at radius 1 is 0.467 bits per heavy atom. The van der Waals surface area contributed by atoms with E-state index >= 15 is 0 Å². The standard InChI is InChI=1S/C14H12N6O8S2/c15-9(21)1-3(11(17)23)27-5(13(19)25)7(1)29-30-8-2(10(16)22)4(12(18)24)28-6(8)14(20)26/h(H2,15,21)(H2,16,22)(H2,17,23)(H2,18,24)(H2,19,25)(H2,20,26). The zero-order valence-electron chi connectivity index (χ0n) is 14.5. The van der Waals surface area contributed by atoms with E-state index in [0.29, 0.717) is 21.6 Å². The van der Waals surface area contributed by atoms with Crippen LogP contribution in [0, 0.1) is 0 Å². The van der Waals surface area contributed by atoms with Crippen molar-refractivity contribution < 1.29 is 37.6 Å². The van der Waals surface area contributed by atoms with Crippen molar-refractivity contribution in [3.05, 3.63) is 34.2 Å². The van der Waals surface area contributed by atoms with Crippen LogP contribution >= 0.6 is 21.6 Å². The second kappa shape index (κ2) is 8.21. The number of carbonyl (C=O) groups is 6. The largest absolute Gasteiger partial charge is 0.444 e. The molecule has 0 saturated carbocycles. The lowest BCUT2D eigenvalue weighted by Gasteiger charge is -2.03. The van der Waals surface area contributed by atoms with Crippen molar-refractivity contribution in [1.29, 1.82) is 0 Å². The molecule has 158 valence electrons. The average molecular weight is 456 g/mol. The van der Waals surface area contributed by atoms with Gasteiger partial charge in [0, 0.05) is 0 Å². The molecule has 2 rings (SSSR count). The maximum absolute atomic E-state index is 11.8. The molecule has 0 fully saturated rings. The van der Waals surface area contributed by atoms with E-state index in [0.717, 1.165) is 0 Å². The van der Waals surface area contributed by atoms with Crippen molar-refractivity contribution in [2.45, 2.75) is 9.79 Å². The lowest BCUT2D eigenvalue weighted by Crippen LogP contribution is -2.19. The highest BCUT2D eigenvalue weighted by atomic mass is 33.1. The van der Waals surface area contributed by atoms with Crippen LogP contribution in [0.15, 0.2) is 18.6 Å². The van der Waals surface area contributed by atoms with Gasteiger partial charge in [0.05, 0.1) is 9.79 Å². The van der Waals surface area contributed by atoms with Crippen molar-refractivity contribution in [2.75, 3.05) is 0 Å². The fraction of sp³-hybridized carbons (Fsp3) is 0. The molecule has 14 nitrogen and oxygen atoms in total. The molecular weight excluding hydrogens is 444 g/mol. The van der Waals surface area contributed by atoms with Gasteiger partial charge in [-0.25, -0.2) is 0 Å². The fourth-order valence-electron chi connectivity index (χ4n) is 2.19. The molecule has 2 aromatic heterocycles. The second-order valence-corrected chi connectivity index (χ2v) is 7.43. The van der Waals surface area contributed by atoms with Crippen LogP contribution in [-0.2, 0) is 0 Å². The Morgan fingerprint density at radius 3 is 0.933 bits per heavy atom.